The summed E-state index contributed by atoms with van der Waals surface area (Å²) >= 11 is 0. The second-order valence-corrected chi connectivity index (χ2v) is 1.42. The molecule has 0 aliphatic rings. The van der Waals surface area contributed by atoms with E-state index in [0.29, 0.717) is 0 Å². The molecule has 83 valence electrons. The van der Waals surface area contributed by atoms with Crippen molar-refractivity contribution in [2.75, 3.05) is 0 Å². The molecule has 2 N–H and O–H groups in total. The van der Waals surface area contributed by atoms with E-state index in [-0.39, 0.29) is 17.1 Å². The van der Waals surface area contributed by atoms with Crippen LogP contribution in [0.25, 0.3) is 0 Å². The Bertz CT molecular complexity index is 357. The third-order valence-electron chi connectivity index (χ3n) is 0.569. The summed E-state index contributed by atoms with van der Waals surface area (Å²) in [5.74, 6) is -3.65. The first-order valence-electron chi connectivity index (χ1n) is 2.51. The van der Waals surface area contributed by atoms with Gasteiger partial charge in [-0.05, 0) is 0 Å². The Morgan fingerprint density at radius 3 is 1.29 bits per heavy atom. The zero-order chi connectivity index (χ0) is 10.4. The monoisotopic (exact) mass is 257 g/mol. The summed E-state index contributed by atoms with van der Waals surface area (Å²) in [5, 5.41) is 14.8. The summed E-state index contributed by atoms with van der Waals surface area (Å²) < 4.78 is 10.6. The fraction of sp³-hybridized carbons (Fsp3) is 0. The van der Waals surface area contributed by atoms with Crippen molar-refractivity contribution in [2.45, 2.75) is 0 Å². The summed E-state index contributed by atoms with van der Waals surface area (Å²) in [5.41, 5.74) is -2.25. The molecule has 1 heterocycles. The number of carboxylic acids is 2. The van der Waals surface area contributed by atoms with E-state index in [1.54, 1.807) is 0 Å². The Balaban J connectivity index is 0. The van der Waals surface area contributed by atoms with Gasteiger partial charge >= 0.3 is 23.2 Å². The molecule has 1 rings (SSSR count). The normalized spacial score (nSPS) is 7.71. The van der Waals surface area contributed by atoms with Crippen molar-refractivity contribution in [3.8, 4) is 0 Å². The van der Waals surface area contributed by atoms with E-state index in [2.05, 4.69) is 13.9 Å². The van der Waals surface area contributed by atoms with Crippen LogP contribution in [0.3, 0.4) is 0 Å². The largest absolute Gasteiger partial charge is 0.473 e. The Kier molecular flexibility index (Phi) is 7.03. The van der Waals surface area contributed by atoms with Crippen LogP contribution in [0.15, 0.2) is 23.5 Å². The molecular formula is C4H2CuO9. The van der Waals surface area contributed by atoms with Crippen molar-refractivity contribution in [3.05, 3.63) is 20.8 Å². The second-order valence-electron chi connectivity index (χ2n) is 1.42. The molecule has 0 aromatic carbocycles. The molecule has 0 aliphatic heterocycles. The van der Waals surface area contributed by atoms with Gasteiger partial charge in [-0.2, -0.15) is 9.15 Å². The number of hydrogen-bond acceptors (Lipinski definition) is 7. The quantitative estimate of drug-likeness (QED) is 0.316. The third kappa shape index (κ3) is 5.80. The number of carbonyl (C=O) groups is 2. The van der Waals surface area contributed by atoms with E-state index >= 15 is 0 Å². The molecule has 0 saturated heterocycles. The van der Waals surface area contributed by atoms with Crippen LogP contribution in [-0.2, 0) is 26.7 Å². The average Bonchev–Trinajstić information content (AvgIpc) is 2.37. The van der Waals surface area contributed by atoms with Crippen LogP contribution >= 0.6 is 0 Å². The van der Waals surface area contributed by atoms with Crippen molar-refractivity contribution >= 4 is 11.9 Å². The molecule has 14 heavy (non-hydrogen) atoms. The summed E-state index contributed by atoms with van der Waals surface area (Å²) in [6, 6.07) is 0. The van der Waals surface area contributed by atoms with Crippen LogP contribution < -0.4 is 11.3 Å². The Morgan fingerprint density at radius 1 is 0.929 bits per heavy atom. The van der Waals surface area contributed by atoms with Crippen molar-refractivity contribution in [1.82, 2.24) is 0 Å². The summed E-state index contributed by atoms with van der Waals surface area (Å²) in [6.07, 6.45) is 0. The van der Waals surface area contributed by atoms with Gasteiger partial charge in [-0.15, -0.1) is 0 Å². The van der Waals surface area contributed by atoms with Gasteiger partial charge < -0.3 is 10.2 Å². The zero-order valence-electron chi connectivity index (χ0n) is 6.05. The smallest absolute Gasteiger partial charge is 0.471 e. The number of carboxylic acid groups (broad SMARTS) is 2. The maximum absolute atomic E-state index is 9.75. The molecule has 0 atom stereocenters. The number of hydrogen-bond donors (Lipinski definition) is 2. The van der Waals surface area contributed by atoms with Gasteiger partial charge in [-0.3, -0.25) is 0 Å². The van der Waals surface area contributed by atoms with E-state index in [1.807, 2.05) is 0 Å². The molecule has 1 aromatic heterocycles. The molecule has 10 heteroatoms. The Hall–Kier alpha value is -1.80. The molecule has 0 amide bonds. The molecule has 0 aliphatic carbocycles. The molecule has 0 bridgehead atoms. The van der Waals surface area contributed by atoms with Crippen molar-refractivity contribution in [1.29, 1.82) is 0 Å². The molecule has 0 spiro atoms. The van der Waals surface area contributed by atoms with Crippen molar-refractivity contribution in [2.24, 2.45) is 0 Å². The van der Waals surface area contributed by atoms with E-state index in [0.717, 1.165) is 0 Å². The predicted octanol–water partition coefficient (Wildman–Crippen LogP) is -1.66. The molecule has 0 unspecified atom stereocenters. The molecular weight excluding hydrogens is 256 g/mol. The maximum Gasteiger partial charge on any atom is 0.471 e. The van der Waals surface area contributed by atoms with Gasteiger partial charge in [-0.1, -0.05) is 4.74 Å². The number of aliphatic carboxylic acids is 2. The van der Waals surface area contributed by atoms with Crippen LogP contribution in [-0.4, -0.2) is 22.2 Å². The van der Waals surface area contributed by atoms with Crippen LogP contribution in [0.5, 0.6) is 0 Å². The summed E-state index contributed by atoms with van der Waals surface area (Å²) in [7, 11) is 0. The van der Waals surface area contributed by atoms with Gasteiger partial charge in [0.1, 0.15) is 0 Å². The topological polar surface area (TPSA) is 148 Å². The van der Waals surface area contributed by atoms with Gasteiger partial charge in [0.2, 0.25) is 0 Å². The first kappa shape index (κ1) is 14.7. The number of rotatable bonds is 0. The summed E-state index contributed by atoms with van der Waals surface area (Å²) in [6.45, 7) is 0. The van der Waals surface area contributed by atoms with Crippen LogP contribution in [0.1, 0.15) is 0 Å². The minimum Gasteiger partial charge on any atom is -0.473 e. The van der Waals surface area contributed by atoms with Crippen LogP contribution in [0.4, 0.5) is 0 Å². The van der Waals surface area contributed by atoms with Gasteiger partial charge in [0.05, 0.1) is 0 Å². The standard InChI is InChI=1S/C2O5.C2H2O4.Cu/c3-1-2(4)6-7-5-1;3-1(4)2(5)6;/h;(H,3,4)(H,5,6);. The van der Waals surface area contributed by atoms with Crippen molar-refractivity contribution in [3.63, 3.8) is 0 Å². The minimum atomic E-state index is -1.82. The average molecular weight is 258 g/mol. The fourth-order valence-electron chi connectivity index (χ4n) is 0.147. The first-order valence-corrected chi connectivity index (χ1v) is 2.51. The molecule has 0 fully saturated rings. The maximum atomic E-state index is 9.75. The van der Waals surface area contributed by atoms with E-state index in [1.165, 1.54) is 0 Å². The van der Waals surface area contributed by atoms with E-state index in [9.17, 15) is 9.59 Å². The van der Waals surface area contributed by atoms with Gasteiger partial charge in [0.25, 0.3) is 0 Å². The molecule has 9 nitrogen and oxygen atoms in total. The third-order valence-corrected chi connectivity index (χ3v) is 0.569. The SMILES string of the molecule is O=C(O)C(=O)O.O=c1oooc1=O.[Cu]. The second kappa shape index (κ2) is 6.69. The zero-order valence-corrected chi connectivity index (χ0v) is 7.00. The Morgan fingerprint density at radius 2 is 1.21 bits per heavy atom. The molecule has 1 radical (unpaired) electrons. The first-order chi connectivity index (χ1) is 5.95. The van der Waals surface area contributed by atoms with Gasteiger partial charge in [-0.25, -0.2) is 19.2 Å². The van der Waals surface area contributed by atoms with E-state index < -0.39 is 23.2 Å². The van der Waals surface area contributed by atoms with Crippen molar-refractivity contribution < 1.29 is 50.8 Å². The molecule has 1 aromatic rings. The van der Waals surface area contributed by atoms with Gasteiger partial charge in [0.15, 0.2) is 0 Å². The fourth-order valence-corrected chi connectivity index (χ4v) is 0.147. The van der Waals surface area contributed by atoms with Crippen LogP contribution in [0.2, 0.25) is 0 Å². The predicted molar refractivity (Wildman–Crippen MR) is 31.1 cm³/mol. The van der Waals surface area contributed by atoms with Crippen LogP contribution in [0, 0.1) is 0 Å². The van der Waals surface area contributed by atoms with Gasteiger partial charge in [0, 0.05) is 17.1 Å². The summed E-state index contributed by atoms with van der Waals surface area (Å²) in [4.78, 5) is 37.7. The Labute approximate surface area is 84.3 Å². The minimum absolute atomic E-state index is 0. The molecule has 0 saturated carbocycles. The van der Waals surface area contributed by atoms with E-state index in [4.69, 9.17) is 19.8 Å².